The molecule has 1 aromatic rings. The molecule has 0 radical (unpaired) electrons. The van der Waals surface area contributed by atoms with Crippen LogP contribution in [0.15, 0.2) is 23.4 Å². The standard InChI is InChI=1S/C12H14F3NOS/c1-9(17)4-2-3-7-18-11-6-5-10(8-16-11)12(13,14)15/h5-6,8H,2-4,7H2,1H3. The molecule has 18 heavy (non-hydrogen) atoms. The van der Waals surface area contributed by atoms with Crippen molar-refractivity contribution in [1.29, 1.82) is 0 Å². The van der Waals surface area contributed by atoms with Crippen LogP contribution in [0.4, 0.5) is 13.2 Å². The highest BCUT2D eigenvalue weighted by atomic mass is 32.2. The zero-order valence-electron chi connectivity index (χ0n) is 9.96. The number of rotatable bonds is 6. The van der Waals surface area contributed by atoms with Gasteiger partial charge in [0.05, 0.1) is 10.6 Å². The number of thioether (sulfide) groups is 1. The highest BCUT2D eigenvalue weighted by Gasteiger charge is 2.30. The van der Waals surface area contributed by atoms with E-state index in [1.165, 1.54) is 17.8 Å². The highest BCUT2D eigenvalue weighted by Crippen LogP contribution is 2.29. The molecule has 6 heteroatoms. The fourth-order valence-electron chi connectivity index (χ4n) is 1.29. The van der Waals surface area contributed by atoms with Crippen molar-refractivity contribution in [1.82, 2.24) is 4.98 Å². The van der Waals surface area contributed by atoms with Gasteiger partial charge in [-0.05, 0) is 37.7 Å². The van der Waals surface area contributed by atoms with Crippen molar-refractivity contribution in [3.05, 3.63) is 23.9 Å². The van der Waals surface area contributed by atoms with Gasteiger partial charge in [0.15, 0.2) is 0 Å². The minimum atomic E-state index is -4.34. The van der Waals surface area contributed by atoms with Crippen LogP contribution in [0.1, 0.15) is 31.7 Å². The molecule has 0 saturated heterocycles. The van der Waals surface area contributed by atoms with E-state index in [9.17, 15) is 18.0 Å². The van der Waals surface area contributed by atoms with Gasteiger partial charge in [0.1, 0.15) is 5.78 Å². The van der Waals surface area contributed by atoms with E-state index in [0.29, 0.717) is 11.4 Å². The number of pyridine rings is 1. The molecule has 0 N–H and O–H groups in total. The molecule has 1 aromatic heterocycles. The molecule has 2 nitrogen and oxygen atoms in total. The Morgan fingerprint density at radius 2 is 2.06 bits per heavy atom. The molecule has 0 unspecified atom stereocenters. The first-order valence-corrected chi connectivity index (χ1v) is 6.53. The van der Waals surface area contributed by atoms with Crippen molar-refractivity contribution in [2.45, 2.75) is 37.4 Å². The van der Waals surface area contributed by atoms with Crippen molar-refractivity contribution >= 4 is 17.5 Å². The van der Waals surface area contributed by atoms with Gasteiger partial charge in [-0.1, -0.05) is 0 Å². The molecule has 0 atom stereocenters. The lowest BCUT2D eigenvalue weighted by Crippen LogP contribution is -2.05. The van der Waals surface area contributed by atoms with Gasteiger partial charge in [0, 0.05) is 12.6 Å². The molecule has 0 saturated carbocycles. The Hall–Kier alpha value is -1.04. The van der Waals surface area contributed by atoms with E-state index >= 15 is 0 Å². The van der Waals surface area contributed by atoms with Crippen LogP contribution in [0.25, 0.3) is 0 Å². The van der Waals surface area contributed by atoms with Crippen LogP contribution in [0.2, 0.25) is 0 Å². The Balaban J connectivity index is 2.33. The van der Waals surface area contributed by atoms with Crippen LogP contribution in [0.3, 0.4) is 0 Å². The second-order valence-electron chi connectivity index (χ2n) is 3.89. The van der Waals surface area contributed by atoms with Gasteiger partial charge in [-0.3, -0.25) is 0 Å². The van der Waals surface area contributed by atoms with E-state index < -0.39 is 11.7 Å². The molecule has 1 rings (SSSR count). The van der Waals surface area contributed by atoms with Gasteiger partial charge >= 0.3 is 6.18 Å². The third-order valence-electron chi connectivity index (χ3n) is 2.24. The van der Waals surface area contributed by atoms with Gasteiger partial charge in [0.25, 0.3) is 0 Å². The Morgan fingerprint density at radius 3 is 2.56 bits per heavy atom. The molecule has 0 bridgehead atoms. The van der Waals surface area contributed by atoms with Crippen molar-refractivity contribution in [2.75, 3.05) is 5.75 Å². The van der Waals surface area contributed by atoms with E-state index in [2.05, 4.69) is 4.98 Å². The molecule has 0 amide bonds. The number of hydrogen-bond donors (Lipinski definition) is 0. The first kappa shape index (κ1) is 15.0. The Kier molecular flexibility index (Phi) is 5.65. The summed E-state index contributed by atoms with van der Waals surface area (Å²) >= 11 is 1.40. The third kappa shape index (κ3) is 5.53. The number of alkyl halides is 3. The number of aromatic nitrogens is 1. The van der Waals surface area contributed by atoms with E-state index in [1.54, 1.807) is 6.92 Å². The van der Waals surface area contributed by atoms with Crippen LogP contribution >= 0.6 is 11.8 Å². The highest BCUT2D eigenvalue weighted by molar-refractivity contribution is 7.99. The number of Topliss-reactive ketones (excluding diaryl/α,β-unsaturated/α-hetero) is 1. The summed E-state index contributed by atoms with van der Waals surface area (Å²) in [5.41, 5.74) is -0.733. The number of nitrogens with zero attached hydrogens (tertiary/aromatic N) is 1. The molecular weight excluding hydrogens is 263 g/mol. The summed E-state index contributed by atoms with van der Waals surface area (Å²) in [6.45, 7) is 1.55. The minimum Gasteiger partial charge on any atom is -0.300 e. The number of carbonyl (C=O) groups excluding carboxylic acids is 1. The van der Waals surface area contributed by atoms with Gasteiger partial charge in [0.2, 0.25) is 0 Å². The summed E-state index contributed by atoms with van der Waals surface area (Å²) in [5, 5.41) is 0.575. The maximum Gasteiger partial charge on any atom is 0.417 e. The van der Waals surface area contributed by atoms with E-state index in [4.69, 9.17) is 0 Å². The maximum atomic E-state index is 12.3. The van der Waals surface area contributed by atoms with Gasteiger partial charge in [-0.2, -0.15) is 13.2 Å². The Bertz CT molecular complexity index is 389. The van der Waals surface area contributed by atoms with E-state index in [1.807, 2.05) is 0 Å². The Morgan fingerprint density at radius 1 is 1.33 bits per heavy atom. The molecule has 0 aliphatic carbocycles. The lowest BCUT2D eigenvalue weighted by atomic mass is 10.2. The summed E-state index contributed by atoms with van der Waals surface area (Å²) in [6.07, 6.45) is -1.27. The summed E-state index contributed by atoms with van der Waals surface area (Å²) in [6, 6.07) is 2.41. The number of ketones is 1. The minimum absolute atomic E-state index is 0.160. The van der Waals surface area contributed by atoms with Crippen LogP contribution in [-0.4, -0.2) is 16.5 Å². The smallest absolute Gasteiger partial charge is 0.300 e. The number of halogens is 3. The second-order valence-corrected chi connectivity index (χ2v) is 5.01. The number of unbranched alkanes of at least 4 members (excludes halogenated alkanes) is 1. The lowest BCUT2D eigenvalue weighted by molar-refractivity contribution is -0.137. The van der Waals surface area contributed by atoms with E-state index in [0.717, 1.165) is 30.9 Å². The van der Waals surface area contributed by atoms with Crippen LogP contribution < -0.4 is 0 Å². The third-order valence-corrected chi connectivity index (χ3v) is 3.27. The lowest BCUT2D eigenvalue weighted by Gasteiger charge is -2.06. The summed E-state index contributed by atoms with van der Waals surface area (Å²) < 4.78 is 36.8. The average Bonchev–Trinajstić information content (AvgIpc) is 2.27. The largest absolute Gasteiger partial charge is 0.417 e. The molecule has 1 heterocycles. The Labute approximate surface area is 108 Å². The average molecular weight is 277 g/mol. The zero-order valence-corrected chi connectivity index (χ0v) is 10.8. The zero-order chi connectivity index (χ0) is 13.6. The predicted molar refractivity (Wildman–Crippen MR) is 64.5 cm³/mol. The van der Waals surface area contributed by atoms with Crippen LogP contribution in [-0.2, 0) is 11.0 Å². The SMILES string of the molecule is CC(=O)CCCCSc1ccc(C(F)(F)F)cn1. The molecule has 0 fully saturated rings. The predicted octanol–water partition coefficient (Wildman–Crippen LogP) is 3.95. The van der Waals surface area contributed by atoms with Crippen molar-refractivity contribution < 1.29 is 18.0 Å². The first-order valence-electron chi connectivity index (χ1n) is 5.55. The topological polar surface area (TPSA) is 30.0 Å². The van der Waals surface area contributed by atoms with Crippen molar-refractivity contribution in [3.8, 4) is 0 Å². The van der Waals surface area contributed by atoms with Crippen LogP contribution in [0, 0.1) is 0 Å². The van der Waals surface area contributed by atoms with E-state index in [-0.39, 0.29) is 5.78 Å². The number of carbonyl (C=O) groups is 1. The molecule has 100 valence electrons. The summed E-state index contributed by atoms with van der Waals surface area (Å²) in [7, 11) is 0. The van der Waals surface area contributed by atoms with Crippen LogP contribution in [0.5, 0.6) is 0 Å². The monoisotopic (exact) mass is 277 g/mol. The van der Waals surface area contributed by atoms with Gasteiger partial charge in [-0.25, -0.2) is 4.98 Å². The van der Waals surface area contributed by atoms with Crippen molar-refractivity contribution in [3.63, 3.8) is 0 Å². The quantitative estimate of drug-likeness (QED) is 0.582. The maximum absolute atomic E-state index is 12.3. The summed E-state index contributed by atoms with van der Waals surface area (Å²) in [5.74, 6) is 0.915. The normalized spacial score (nSPS) is 11.6. The molecule has 0 aliphatic rings. The first-order chi connectivity index (χ1) is 8.39. The van der Waals surface area contributed by atoms with Gasteiger partial charge < -0.3 is 4.79 Å². The number of hydrogen-bond acceptors (Lipinski definition) is 3. The van der Waals surface area contributed by atoms with Crippen molar-refractivity contribution in [2.24, 2.45) is 0 Å². The fourth-order valence-corrected chi connectivity index (χ4v) is 2.14. The molecule has 0 aromatic carbocycles. The second kappa shape index (κ2) is 6.78. The van der Waals surface area contributed by atoms with Gasteiger partial charge in [-0.15, -0.1) is 11.8 Å². The fraction of sp³-hybridized carbons (Fsp3) is 0.500. The molecular formula is C12H14F3NOS. The molecule has 0 spiro atoms. The summed E-state index contributed by atoms with van der Waals surface area (Å²) in [4.78, 5) is 14.4. The molecule has 0 aliphatic heterocycles.